The molecule has 1 unspecified atom stereocenters. The highest BCUT2D eigenvalue weighted by Crippen LogP contribution is 2.16. The van der Waals surface area contributed by atoms with Gasteiger partial charge in [-0.1, -0.05) is 257 Å². The van der Waals surface area contributed by atoms with Crippen LogP contribution in [0, 0.1) is 0 Å². The molecular weight excluding hydrogens is 817 g/mol. The van der Waals surface area contributed by atoms with Crippen LogP contribution in [0.4, 0.5) is 0 Å². The zero-order valence-corrected chi connectivity index (χ0v) is 44.5. The van der Waals surface area contributed by atoms with Crippen molar-refractivity contribution in [3.63, 3.8) is 0 Å². The van der Waals surface area contributed by atoms with Crippen molar-refractivity contribution >= 4 is 17.9 Å². The third-order valence-electron chi connectivity index (χ3n) is 13.2. The van der Waals surface area contributed by atoms with E-state index in [2.05, 4.69) is 45.1 Å². The van der Waals surface area contributed by atoms with Crippen molar-refractivity contribution in [2.24, 2.45) is 0 Å². The average Bonchev–Trinajstić information content (AvgIpc) is 3.31. The number of unbranched alkanes of at least 4 members (excludes halogenated alkanes) is 39. The monoisotopic (exact) mass is 929 g/mol. The van der Waals surface area contributed by atoms with E-state index in [0.29, 0.717) is 19.3 Å². The predicted molar refractivity (Wildman–Crippen MR) is 284 cm³/mol. The van der Waals surface area contributed by atoms with Crippen molar-refractivity contribution in [1.82, 2.24) is 0 Å². The van der Waals surface area contributed by atoms with Gasteiger partial charge in [-0.25, -0.2) is 0 Å². The molecule has 0 aromatic carbocycles. The quantitative estimate of drug-likeness (QED) is 0.0262. The summed E-state index contributed by atoms with van der Waals surface area (Å²) >= 11 is 0. The summed E-state index contributed by atoms with van der Waals surface area (Å²) in [6.45, 7) is 6.67. The first-order valence-electron chi connectivity index (χ1n) is 29.3. The van der Waals surface area contributed by atoms with E-state index < -0.39 is 6.10 Å². The number of carbonyl (C=O) groups is 3. The van der Waals surface area contributed by atoms with Crippen molar-refractivity contribution in [3.8, 4) is 0 Å². The summed E-state index contributed by atoms with van der Waals surface area (Å²) in [5.74, 6) is -0.858. The largest absolute Gasteiger partial charge is 0.462 e. The highest BCUT2D eigenvalue weighted by Gasteiger charge is 2.19. The summed E-state index contributed by atoms with van der Waals surface area (Å²) < 4.78 is 16.9. The van der Waals surface area contributed by atoms with Gasteiger partial charge in [0.25, 0.3) is 0 Å². The second kappa shape index (κ2) is 55.5. The molecule has 0 heterocycles. The minimum Gasteiger partial charge on any atom is -0.462 e. The van der Waals surface area contributed by atoms with Gasteiger partial charge in [0.05, 0.1) is 0 Å². The van der Waals surface area contributed by atoms with Gasteiger partial charge < -0.3 is 14.2 Å². The Labute approximate surface area is 411 Å². The molecule has 388 valence electrons. The molecule has 0 aliphatic carbocycles. The number of ether oxygens (including phenoxy) is 3. The van der Waals surface area contributed by atoms with E-state index in [1.165, 1.54) is 225 Å². The van der Waals surface area contributed by atoms with Crippen LogP contribution in [0.15, 0.2) is 24.3 Å². The van der Waals surface area contributed by atoms with Crippen molar-refractivity contribution in [1.29, 1.82) is 0 Å². The first-order chi connectivity index (χ1) is 32.5. The topological polar surface area (TPSA) is 78.9 Å². The number of allylic oxidation sites excluding steroid dienone is 4. The lowest BCUT2D eigenvalue weighted by atomic mass is 10.0. The Bertz CT molecular complexity index is 1070. The Kier molecular flexibility index (Phi) is 53.7. The lowest BCUT2D eigenvalue weighted by Crippen LogP contribution is -2.30. The van der Waals surface area contributed by atoms with Crippen LogP contribution in [0.25, 0.3) is 0 Å². The molecule has 0 spiro atoms. The standard InChI is InChI=1S/C60H112O6/c1-4-7-10-13-16-19-22-25-28-30-32-35-38-41-44-47-50-53-59(62)65-56-57(55-64-58(61)52-49-46-43-40-37-34-27-24-21-18-15-12-9-6-3)66-60(63)54-51-48-45-42-39-36-33-31-29-26-23-20-17-14-11-8-5-2/h25-26,28-29,57H,4-24,27,30-56H2,1-3H3/b28-25-,29-26-. The van der Waals surface area contributed by atoms with Gasteiger partial charge in [-0.15, -0.1) is 0 Å². The van der Waals surface area contributed by atoms with E-state index in [1.54, 1.807) is 0 Å². The molecule has 6 heteroatoms. The summed E-state index contributed by atoms with van der Waals surface area (Å²) in [6.07, 6.45) is 64.5. The molecule has 0 aromatic rings. The molecule has 0 radical (unpaired) electrons. The third-order valence-corrected chi connectivity index (χ3v) is 13.2. The Morgan fingerprint density at radius 1 is 0.288 bits per heavy atom. The normalized spacial score (nSPS) is 12.1. The van der Waals surface area contributed by atoms with Gasteiger partial charge >= 0.3 is 17.9 Å². The fourth-order valence-corrected chi connectivity index (χ4v) is 8.73. The Morgan fingerprint density at radius 2 is 0.500 bits per heavy atom. The zero-order chi connectivity index (χ0) is 47.9. The maximum Gasteiger partial charge on any atom is 0.306 e. The molecule has 0 aliphatic rings. The van der Waals surface area contributed by atoms with E-state index in [0.717, 1.165) is 57.8 Å². The molecule has 0 rings (SSSR count). The molecular formula is C60H112O6. The third kappa shape index (κ3) is 52.9. The fourth-order valence-electron chi connectivity index (χ4n) is 8.73. The van der Waals surface area contributed by atoms with E-state index in [9.17, 15) is 14.4 Å². The highest BCUT2D eigenvalue weighted by atomic mass is 16.6. The first kappa shape index (κ1) is 63.9. The van der Waals surface area contributed by atoms with Crippen LogP contribution in [-0.2, 0) is 28.6 Å². The predicted octanol–water partition coefficient (Wildman–Crippen LogP) is 19.5. The molecule has 0 amide bonds. The SMILES string of the molecule is CCCCCCCC/C=C\CCCCCCCCCC(=O)OCC(COC(=O)CCCCCCCCCCCCCCCC)OC(=O)CCCCCCCCC/C=C\CCCCCCCC. The molecule has 0 aromatic heterocycles. The van der Waals surface area contributed by atoms with Crippen molar-refractivity contribution in [2.75, 3.05) is 13.2 Å². The minimum absolute atomic E-state index is 0.0698. The molecule has 0 saturated heterocycles. The van der Waals surface area contributed by atoms with Crippen LogP contribution < -0.4 is 0 Å². The van der Waals surface area contributed by atoms with Crippen LogP contribution in [0.1, 0.15) is 323 Å². The Balaban J connectivity index is 4.34. The molecule has 0 N–H and O–H groups in total. The van der Waals surface area contributed by atoms with E-state index in [-0.39, 0.29) is 31.1 Å². The van der Waals surface area contributed by atoms with E-state index in [1.807, 2.05) is 0 Å². The molecule has 0 aliphatic heterocycles. The Hall–Kier alpha value is -2.11. The number of rotatable bonds is 54. The van der Waals surface area contributed by atoms with Gasteiger partial charge in [0.2, 0.25) is 0 Å². The van der Waals surface area contributed by atoms with Crippen LogP contribution in [0.2, 0.25) is 0 Å². The lowest BCUT2D eigenvalue weighted by Gasteiger charge is -2.18. The van der Waals surface area contributed by atoms with Crippen LogP contribution in [0.3, 0.4) is 0 Å². The van der Waals surface area contributed by atoms with Crippen molar-refractivity contribution < 1.29 is 28.6 Å². The van der Waals surface area contributed by atoms with E-state index >= 15 is 0 Å². The van der Waals surface area contributed by atoms with Gasteiger partial charge in [-0.05, 0) is 70.6 Å². The first-order valence-corrected chi connectivity index (χ1v) is 29.3. The van der Waals surface area contributed by atoms with Crippen molar-refractivity contribution in [2.45, 2.75) is 329 Å². The van der Waals surface area contributed by atoms with Crippen molar-refractivity contribution in [3.05, 3.63) is 24.3 Å². The summed E-state index contributed by atoms with van der Waals surface area (Å²) in [5.41, 5.74) is 0. The summed E-state index contributed by atoms with van der Waals surface area (Å²) in [4.78, 5) is 38.2. The summed E-state index contributed by atoms with van der Waals surface area (Å²) in [7, 11) is 0. The van der Waals surface area contributed by atoms with Crippen LogP contribution in [0.5, 0.6) is 0 Å². The molecule has 0 saturated carbocycles. The maximum atomic E-state index is 12.9. The molecule has 6 nitrogen and oxygen atoms in total. The molecule has 0 fully saturated rings. The fraction of sp³-hybridized carbons (Fsp3) is 0.883. The van der Waals surface area contributed by atoms with Gasteiger partial charge in [0.15, 0.2) is 6.10 Å². The lowest BCUT2D eigenvalue weighted by molar-refractivity contribution is -0.167. The maximum absolute atomic E-state index is 12.9. The molecule has 0 bridgehead atoms. The number of hydrogen-bond donors (Lipinski definition) is 0. The molecule has 1 atom stereocenters. The number of hydrogen-bond acceptors (Lipinski definition) is 6. The second-order valence-electron chi connectivity index (χ2n) is 19.9. The summed E-state index contributed by atoms with van der Waals surface area (Å²) in [6, 6.07) is 0. The number of carbonyl (C=O) groups excluding carboxylic acids is 3. The second-order valence-corrected chi connectivity index (χ2v) is 19.9. The van der Waals surface area contributed by atoms with Crippen LogP contribution in [-0.4, -0.2) is 37.2 Å². The van der Waals surface area contributed by atoms with Crippen LogP contribution >= 0.6 is 0 Å². The zero-order valence-electron chi connectivity index (χ0n) is 44.5. The smallest absolute Gasteiger partial charge is 0.306 e. The van der Waals surface area contributed by atoms with Gasteiger partial charge in [-0.3, -0.25) is 14.4 Å². The minimum atomic E-state index is -0.771. The average molecular weight is 930 g/mol. The summed E-state index contributed by atoms with van der Waals surface area (Å²) in [5, 5.41) is 0. The number of esters is 3. The Morgan fingerprint density at radius 3 is 0.758 bits per heavy atom. The van der Waals surface area contributed by atoms with Gasteiger partial charge in [0, 0.05) is 19.3 Å². The molecule has 66 heavy (non-hydrogen) atoms. The van der Waals surface area contributed by atoms with E-state index in [4.69, 9.17) is 14.2 Å². The van der Waals surface area contributed by atoms with Gasteiger partial charge in [-0.2, -0.15) is 0 Å². The van der Waals surface area contributed by atoms with Gasteiger partial charge in [0.1, 0.15) is 13.2 Å². The highest BCUT2D eigenvalue weighted by molar-refractivity contribution is 5.71.